The molecule has 1 fully saturated rings. The molecule has 1 aromatic carbocycles. The summed E-state index contributed by atoms with van der Waals surface area (Å²) in [5, 5.41) is 5.74. The Hall–Kier alpha value is -1.58. The molecule has 17 heavy (non-hydrogen) atoms. The van der Waals surface area contributed by atoms with E-state index in [1.807, 2.05) is 6.92 Å². The fraction of sp³-hybridized carbons (Fsp3) is 0.462. The number of rotatable bonds is 4. The van der Waals surface area contributed by atoms with Crippen LogP contribution in [-0.2, 0) is 6.42 Å². The molecular formula is C13H17FN2O. The second-order valence-corrected chi connectivity index (χ2v) is 4.62. The molecule has 1 aliphatic rings. The van der Waals surface area contributed by atoms with Crippen LogP contribution >= 0.6 is 0 Å². The van der Waals surface area contributed by atoms with Crippen LogP contribution in [0.1, 0.15) is 25.3 Å². The molecule has 3 nitrogen and oxygen atoms in total. The number of amides is 2. The fourth-order valence-electron chi connectivity index (χ4n) is 1.70. The molecule has 2 N–H and O–H groups in total. The standard InChI is InChI=1S/C13H17FN2O/c1-9(15-13(17)16-12-6-7-12)8-10-2-4-11(14)5-3-10/h2-5,9,12H,6-8H2,1H3,(H2,15,16,17). The number of urea groups is 1. The van der Waals surface area contributed by atoms with Crippen LogP contribution in [0.25, 0.3) is 0 Å². The lowest BCUT2D eigenvalue weighted by Crippen LogP contribution is -2.42. The molecule has 4 heteroatoms. The van der Waals surface area contributed by atoms with Crippen molar-refractivity contribution < 1.29 is 9.18 Å². The third kappa shape index (κ3) is 4.06. The third-order valence-corrected chi connectivity index (χ3v) is 2.75. The second kappa shape index (κ2) is 5.17. The number of halogens is 1. The molecule has 92 valence electrons. The first-order valence-corrected chi connectivity index (χ1v) is 5.95. The normalized spacial score (nSPS) is 16.4. The van der Waals surface area contributed by atoms with Crippen molar-refractivity contribution in [2.75, 3.05) is 0 Å². The topological polar surface area (TPSA) is 41.1 Å². The Morgan fingerprint density at radius 2 is 2.06 bits per heavy atom. The molecular weight excluding hydrogens is 219 g/mol. The SMILES string of the molecule is CC(Cc1ccc(F)cc1)NC(=O)NC1CC1. The van der Waals surface area contributed by atoms with E-state index >= 15 is 0 Å². The lowest BCUT2D eigenvalue weighted by Gasteiger charge is -2.14. The van der Waals surface area contributed by atoms with Gasteiger partial charge in [-0.1, -0.05) is 12.1 Å². The maximum absolute atomic E-state index is 12.7. The first kappa shape index (κ1) is 11.9. The summed E-state index contributed by atoms with van der Waals surface area (Å²) in [6.07, 6.45) is 2.87. The Kier molecular flexibility index (Phi) is 3.61. The number of hydrogen-bond acceptors (Lipinski definition) is 1. The lowest BCUT2D eigenvalue weighted by molar-refractivity contribution is 0.237. The van der Waals surface area contributed by atoms with Crippen molar-refractivity contribution in [2.24, 2.45) is 0 Å². The van der Waals surface area contributed by atoms with Crippen LogP contribution in [-0.4, -0.2) is 18.1 Å². The zero-order valence-electron chi connectivity index (χ0n) is 9.87. The molecule has 0 radical (unpaired) electrons. The van der Waals surface area contributed by atoms with Gasteiger partial charge in [0.25, 0.3) is 0 Å². The van der Waals surface area contributed by atoms with Gasteiger partial charge in [0.15, 0.2) is 0 Å². The molecule has 0 saturated heterocycles. The van der Waals surface area contributed by atoms with Gasteiger partial charge in [-0.2, -0.15) is 0 Å². The Labute approximate surface area is 100 Å². The summed E-state index contributed by atoms with van der Waals surface area (Å²) < 4.78 is 12.7. The Morgan fingerprint density at radius 3 is 2.65 bits per heavy atom. The summed E-state index contributed by atoms with van der Waals surface area (Å²) in [7, 11) is 0. The minimum absolute atomic E-state index is 0.0409. The summed E-state index contributed by atoms with van der Waals surface area (Å²) in [5.41, 5.74) is 1.02. The number of benzene rings is 1. The number of nitrogens with one attached hydrogen (secondary N) is 2. The highest BCUT2D eigenvalue weighted by molar-refractivity contribution is 5.74. The van der Waals surface area contributed by atoms with Gasteiger partial charge in [0.1, 0.15) is 5.82 Å². The Morgan fingerprint density at radius 1 is 1.41 bits per heavy atom. The quantitative estimate of drug-likeness (QED) is 0.827. The number of carbonyl (C=O) groups is 1. The third-order valence-electron chi connectivity index (χ3n) is 2.75. The highest BCUT2D eigenvalue weighted by Crippen LogP contribution is 2.18. The van der Waals surface area contributed by atoms with Crippen molar-refractivity contribution in [2.45, 2.75) is 38.3 Å². The average molecular weight is 236 g/mol. The predicted octanol–water partition coefficient (Wildman–Crippen LogP) is 2.22. The molecule has 1 atom stereocenters. The van der Waals surface area contributed by atoms with E-state index < -0.39 is 0 Å². The summed E-state index contributed by atoms with van der Waals surface area (Å²) in [6.45, 7) is 1.94. The van der Waals surface area contributed by atoms with E-state index in [4.69, 9.17) is 0 Å². The molecule has 1 aliphatic carbocycles. The highest BCUT2D eigenvalue weighted by atomic mass is 19.1. The minimum atomic E-state index is -0.235. The largest absolute Gasteiger partial charge is 0.335 e. The predicted molar refractivity (Wildman–Crippen MR) is 64.3 cm³/mol. The van der Waals surface area contributed by atoms with Gasteiger partial charge in [-0.3, -0.25) is 0 Å². The fourth-order valence-corrected chi connectivity index (χ4v) is 1.70. The molecule has 0 aromatic heterocycles. The van der Waals surface area contributed by atoms with Gasteiger partial charge in [0.2, 0.25) is 0 Å². The summed E-state index contributed by atoms with van der Waals surface area (Å²) >= 11 is 0. The van der Waals surface area contributed by atoms with Crippen LogP contribution in [0.3, 0.4) is 0 Å². The van der Waals surface area contributed by atoms with Crippen molar-refractivity contribution in [3.05, 3.63) is 35.6 Å². The summed E-state index contributed by atoms with van der Waals surface area (Å²) in [6, 6.07) is 6.66. The van der Waals surface area contributed by atoms with E-state index in [-0.39, 0.29) is 17.9 Å². The second-order valence-electron chi connectivity index (χ2n) is 4.62. The van der Waals surface area contributed by atoms with Crippen LogP contribution in [0.4, 0.5) is 9.18 Å². The molecule has 0 aliphatic heterocycles. The zero-order valence-corrected chi connectivity index (χ0v) is 9.87. The van der Waals surface area contributed by atoms with Crippen molar-refractivity contribution in [1.82, 2.24) is 10.6 Å². The summed E-state index contributed by atoms with van der Waals surface area (Å²) in [5.74, 6) is -0.235. The van der Waals surface area contributed by atoms with Gasteiger partial charge in [0.05, 0.1) is 0 Å². The molecule has 0 spiro atoms. The maximum atomic E-state index is 12.7. The van der Waals surface area contributed by atoms with E-state index in [0.717, 1.165) is 18.4 Å². The van der Waals surface area contributed by atoms with Gasteiger partial charge in [-0.25, -0.2) is 9.18 Å². The van der Waals surface area contributed by atoms with Gasteiger partial charge >= 0.3 is 6.03 Å². The molecule has 0 bridgehead atoms. The van der Waals surface area contributed by atoms with Crippen molar-refractivity contribution in [1.29, 1.82) is 0 Å². The Balaban J connectivity index is 1.77. The summed E-state index contributed by atoms with van der Waals surface area (Å²) in [4.78, 5) is 11.5. The van der Waals surface area contributed by atoms with Gasteiger partial charge < -0.3 is 10.6 Å². The van der Waals surface area contributed by atoms with E-state index in [1.165, 1.54) is 12.1 Å². The molecule has 1 aromatic rings. The smallest absolute Gasteiger partial charge is 0.315 e. The highest BCUT2D eigenvalue weighted by Gasteiger charge is 2.23. The van der Waals surface area contributed by atoms with Crippen LogP contribution < -0.4 is 10.6 Å². The molecule has 2 amide bonds. The minimum Gasteiger partial charge on any atom is -0.335 e. The van der Waals surface area contributed by atoms with E-state index in [1.54, 1.807) is 12.1 Å². The zero-order chi connectivity index (χ0) is 12.3. The molecule has 0 heterocycles. The van der Waals surface area contributed by atoms with Crippen LogP contribution in [0, 0.1) is 5.82 Å². The van der Waals surface area contributed by atoms with E-state index in [2.05, 4.69) is 10.6 Å². The molecule has 1 saturated carbocycles. The maximum Gasteiger partial charge on any atom is 0.315 e. The van der Waals surface area contributed by atoms with Crippen LogP contribution in [0.5, 0.6) is 0 Å². The number of carbonyl (C=O) groups excluding carboxylic acids is 1. The van der Waals surface area contributed by atoms with Gasteiger partial charge in [0, 0.05) is 12.1 Å². The van der Waals surface area contributed by atoms with E-state index in [0.29, 0.717) is 12.5 Å². The van der Waals surface area contributed by atoms with Crippen LogP contribution in [0.2, 0.25) is 0 Å². The first-order valence-electron chi connectivity index (χ1n) is 5.95. The number of hydrogen-bond donors (Lipinski definition) is 2. The average Bonchev–Trinajstić information content (AvgIpc) is 3.05. The molecule has 1 unspecified atom stereocenters. The van der Waals surface area contributed by atoms with E-state index in [9.17, 15) is 9.18 Å². The van der Waals surface area contributed by atoms with Gasteiger partial charge in [-0.15, -0.1) is 0 Å². The monoisotopic (exact) mass is 236 g/mol. The first-order chi connectivity index (χ1) is 8.13. The van der Waals surface area contributed by atoms with Crippen LogP contribution in [0.15, 0.2) is 24.3 Å². The van der Waals surface area contributed by atoms with Crippen molar-refractivity contribution in [3.8, 4) is 0 Å². The van der Waals surface area contributed by atoms with Gasteiger partial charge in [-0.05, 0) is 43.9 Å². The van der Waals surface area contributed by atoms with Crippen molar-refractivity contribution in [3.63, 3.8) is 0 Å². The molecule has 2 rings (SSSR count). The Bertz CT molecular complexity index is 387. The lowest BCUT2D eigenvalue weighted by atomic mass is 10.1. The van der Waals surface area contributed by atoms with Crippen molar-refractivity contribution >= 4 is 6.03 Å².